The van der Waals surface area contributed by atoms with Gasteiger partial charge in [0, 0.05) is 11.8 Å². The van der Waals surface area contributed by atoms with Gasteiger partial charge in [-0.05, 0) is 12.3 Å². The Hall–Kier alpha value is -0.440. The van der Waals surface area contributed by atoms with Crippen LogP contribution in [0.5, 0.6) is 0 Å². The molecule has 0 saturated heterocycles. The molecule has 0 saturated carbocycles. The standard InChI is InChI=1S/C12H22/c1-6-10(3)8-9-12(5)11(4)7-2/h10-12H,6-7H2,1-5H3. The zero-order chi connectivity index (χ0) is 9.56. The van der Waals surface area contributed by atoms with Gasteiger partial charge in [0.05, 0.1) is 0 Å². The molecular weight excluding hydrogens is 144 g/mol. The zero-order valence-electron chi connectivity index (χ0n) is 9.15. The van der Waals surface area contributed by atoms with E-state index in [1.807, 2.05) is 0 Å². The van der Waals surface area contributed by atoms with Gasteiger partial charge in [0.25, 0.3) is 0 Å². The van der Waals surface area contributed by atoms with Crippen molar-refractivity contribution in [3.05, 3.63) is 0 Å². The number of hydrogen-bond donors (Lipinski definition) is 0. The van der Waals surface area contributed by atoms with Crippen LogP contribution >= 0.6 is 0 Å². The molecule has 0 spiro atoms. The average Bonchev–Trinajstić information content (AvgIpc) is 2.11. The summed E-state index contributed by atoms with van der Waals surface area (Å²) < 4.78 is 0. The molecule has 0 heterocycles. The molecule has 0 amide bonds. The van der Waals surface area contributed by atoms with Crippen LogP contribution in [0.3, 0.4) is 0 Å². The lowest BCUT2D eigenvalue weighted by atomic mass is 9.93. The maximum atomic E-state index is 3.33. The normalized spacial score (nSPS) is 17.4. The molecule has 0 aliphatic carbocycles. The van der Waals surface area contributed by atoms with Crippen LogP contribution in [0, 0.1) is 29.6 Å². The second-order valence-corrected chi connectivity index (χ2v) is 3.77. The maximum Gasteiger partial charge on any atom is 0.0200 e. The highest BCUT2D eigenvalue weighted by Crippen LogP contribution is 2.13. The number of hydrogen-bond acceptors (Lipinski definition) is 0. The average molecular weight is 166 g/mol. The minimum atomic E-state index is 0.559. The molecule has 0 fully saturated rings. The van der Waals surface area contributed by atoms with E-state index in [2.05, 4.69) is 46.5 Å². The van der Waals surface area contributed by atoms with Crippen LogP contribution in [0.4, 0.5) is 0 Å². The van der Waals surface area contributed by atoms with Crippen molar-refractivity contribution in [1.29, 1.82) is 0 Å². The summed E-state index contributed by atoms with van der Waals surface area (Å²) in [6, 6.07) is 0. The largest absolute Gasteiger partial charge is 0.0999 e. The fourth-order valence-electron chi connectivity index (χ4n) is 0.872. The van der Waals surface area contributed by atoms with Gasteiger partial charge in [0.1, 0.15) is 0 Å². The zero-order valence-corrected chi connectivity index (χ0v) is 9.15. The van der Waals surface area contributed by atoms with E-state index in [-0.39, 0.29) is 0 Å². The molecule has 3 unspecified atom stereocenters. The van der Waals surface area contributed by atoms with Crippen LogP contribution in [0.1, 0.15) is 47.5 Å². The molecule has 0 aromatic rings. The summed E-state index contributed by atoms with van der Waals surface area (Å²) >= 11 is 0. The van der Waals surface area contributed by atoms with Gasteiger partial charge in [-0.3, -0.25) is 0 Å². The summed E-state index contributed by atoms with van der Waals surface area (Å²) in [6.07, 6.45) is 2.40. The van der Waals surface area contributed by atoms with Gasteiger partial charge < -0.3 is 0 Å². The Morgan fingerprint density at radius 3 is 1.92 bits per heavy atom. The van der Waals surface area contributed by atoms with Gasteiger partial charge in [0.2, 0.25) is 0 Å². The van der Waals surface area contributed by atoms with Crippen LogP contribution in [-0.4, -0.2) is 0 Å². The quantitative estimate of drug-likeness (QED) is 0.561. The van der Waals surface area contributed by atoms with Gasteiger partial charge in [-0.25, -0.2) is 0 Å². The molecule has 0 N–H and O–H groups in total. The Morgan fingerprint density at radius 2 is 1.50 bits per heavy atom. The molecule has 0 rings (SSSR count). The lowest BCUT2D eigenvalue weighted by molar-refractivity contribution is 0.458. The van der Waals surface area contributed by atoms with Crippen molar-refractivity contribution < 1.29 is 0 Å². The molecular formula is C12H22. The van der Waals surface area contributed by atoms with Crippen molar-refractivity contribution in [2.45, 2.75) is 47.5 Å². The molecule has 0 aromatic carbocycles. The Kier molecular flexibility index (Phi) is 5.89. The first-order valence-electron chi connectivity index (χ1n) is 5.12. The highest BCUT2D eigenvalue weighted by atomic mass is 14.1. The molecule has 12 heavy (non-hydrogen) atoms. The highest BCUT2D eigenvalue weighted by molar-refractivity contribution is 5.06. The van der Waals surface area contributed by atoms with Gasteiger partial charge >= 0.3 is 0 Å². The van der Waals surface area contributed by atoms with Gasteiger partial charge in [-0.2, -0.15) is 0 Å². The summed E-state index contributed by atoms with van der Waals surface area (Å²) in [5.41, 5.74) is 0. The second-order valence-electron chi connectivity index (χ2n) is 3.77. The Balaban J connectivity index is 3.93. The smallest absolute Gasteiger partial charge is 0.0200 e. The van der Waals surface area contributed by atoms with Crippen LogP contribution in [0.25, 0.3) is 0 Å². The molecule has 3 atom stereocenters. The van der Waals surface area contributed by atoms with E-state index in [1.165, 1.54) is 12.8 Å². The first kappa shape index (κ1) is 11.6. The molecule has 0 bridgehead atoms. The Labute approximate surface area is 77.8 Å². The summed E-state index contributed by atoms with van der Waals surface area (Å²) in [4.78, 5) is 0. The summed E-state index contributed by atoms with van der Waals surface area (Å²) in [5.74, 6) is 8.49. The Morgan fingerprint density at radius 1 is 0.917 bits per heavy atom. The second kappa shape index (κ2) is 6.12. The first-order valence-corrected chi connectivity index (χ1v) is 5.12. The lowest BCUT2D eigenvalue weighted by Crippen LogP contribution is -2.04. The molecule has 0 radical (unpaired) electrons. The first-order chi connectivity index (χ1) is 5.61. The molecule has 0 aliphatic heterocycles. The van der Waals surface area contributed by atoms with Crippen molar-refractivity contribution in [2.24, 2.45) is 17.8 Å². The van der Waals surface area contributed by atoms with Crippen molar-refractivity contribution >= 4 is 0 Å². The monoisotopic (exact) mass is 166 g/mol. The van der Waals surface area contributed by atoms with E-state index < -0.39 is 0 Å². The van der Waals surface area contributed by atoms with Gasteiger partial charge in [-0.1, -0.05) is 52.9 Å². The third-order valence-electron chi connectivity index (χ3n) is 2.67. The van der Waals surface area contributed by atoms with Crippen LogP contribution in [-0.2, 0) is 0 Å². The fraction of sp³-hybridized carbons (Fsp3) is 0.833. The molecule has 0 heteroatoms. The van der Waals surface area contributed by atoms with Crippen molar-refractivity contribution in [3.8, 4) is 11.8 Å². The van der Waals surface area contributed by atoms with E-state index in [9.17, 15) is 0 Å². The molecule has 70 valence electrons. The van der Waals surface area contributed by atoms with Crippen LogP contribution in [0.15, 0.2) is 0 Å². The minimum absolute atomic E-state index is 0.559. The van der Waals surface area contributed by atoms with Crippen molar-refractivity contribution in [1.82, 2.24) is 0 Å². The number of rotatable bonds is 3. The van der Waals surface area contributed by atoms with E-state index >= 15 is 0 Å². The Bertz CT molecular complexity index is 159. The van der Waals surface area contributed by atoms with Crippen LogP contribution in [0.2, 0.25) is 0 Å². The topological polar surface area (TPSA) is 0 Å². The molecule has 0 nitrogen and oxygen atoms in total. The summed E-state index contributed by atoms with van der Waals surface area (Å²) in [7, 11) is 0. The third-order valence-corrected chi connectivity index (χ3v) is 2.67. The third kappa shape index (κ3) is 4.44. The minimum Gasteiger partial charge on any atom is -0.0999 e. The van der Waals surface area contributed by atoms with Crippen molar-refractivity contribution in [3.63, 3.8) is 0 Å². The van der Waals surface area contributed by atoms with Crippen molar-refractivity contribution in [2.75, 3.05) is 0 Å². The predicted molar refractivity (Wildman–Crippen MR) is 55.9 cm³/mol. The van der Waals surface area contributed by atoms with Gasteiger partial charge in [0.15, 0.2) is 0 Å². The van der Waals surface area contributed by atoms with E-state index in [0.29, 0.717) is 11.8 Å². The lowest BCUT2D eigenvalue weighted by Gasteiger charge is -2.11. The fourth-order valence-corrected chi connectivity index (χ4v) is 0.872. The van der Waals surface area contributed by atoms with E-state index in [0.717, 1.165) is 5.92 Å². The summed E-state index contributed by atoms with van der Waals surface area (Å²) in [5, 5.41) is 0. The molecule has 0 aromatic heterocycles. The highest BCUT2D eigenvalue weighted by Gasteiger charge is 2.05. The predicted octanol–water partition coefficient (Wildman–Crippen LogP) is 3.72. The SMILES string of the molecule is CCC(C)C#CC(C)C(C)CC. The van der Waals surface area contributed by atoms with Crippen LogP contribution < -0.4 is 0 Å². The van der Waals surface area contributed by atoms with Gasteiger partial charge in [-0.15, -0.1) is 0 Å². The molecule has 0 aliphatic rings. The van der Waals surface area contributed by atoms with E-state index in [1.54, 1.807) is 0 Å². The summed E-state index contributed by atoms with van der Waals surface area (Å²) in [6.45, 7) is 11.1. The van der Waals surface area contributed by atoms with E-state index in [4.69, 9.17) is 0 Å². The maximum absolute atomic E-state index is 3.33.